The molecule has 2 aromatic carbocycles. The zero-order chi connectivity index (χ0) is 17.9. The van der Waals surface area contributed by atoms with Gasteiger partial charge in [0.05, 0.1) is 24.6 Å². The van der Waals surface area contributed by atoms with Crippen molar-refractivity contribution < 1.29 is 13.9 Å². The van der Waals surface area contributed by atoms with E-state index < -0.39 is 0 Å². The lowest BCUT2D eigenvalue weighted by atomic mass is 10.1. The molecule has 130 valence electrons. The van der Waals surface area contributed by atoms with E-state index in [0.29, 0.717) is 17.9 Å². The number of amides is 1. The highest BCUT2D eigenvalue weighted by molar-refractivity contribution is 6.05. The molecule has 0 aliphatic rings. The first kappa shape index (κ1) is 16.1. The molecule has 0 bridgehead atoms. The van der Waals surface area contributed by atoms with Gasteiger partial charge < -0.3 is 14.5 Å². The van der Waals surface area contributed by atoms with E-state index in [2.05, 4.69) is 15.5 Å². The van der Waals surface area contributed by atoms with E-state index in [-0.39, 0.29) is 5.91 Å². The summed E-state index contributed by atoms with van der Waals surface area (Å²) >= 11 is 0. The Balaban J connectivity index is 1.58. The number of H-pyrrole nitrogens is 1. The quantitative estimate of drug-likeness (QED) is 0.566. The van der Waals surface area contributed by atoms with Crippen LogP contribution in [-0.4, -0.2) is 23.2 Å². The fraction of sp³-hybridized carbons (Fsp3) is 0.100. The number of hydrogen-bond acceptors (Lipinski definition) is 4. The van der Waals surface area contributed by atoms with Crippen LogP contribution in [0.4, 0.5) is 5.69 Å². The number of carbonyl (C=O) groups is 1. The molecular weight excluding hydrogens is 330 g/mol. The number of nitrogens with zero attached hydrogens (tertiary/aromatic N) is 1. The Bertz CT molecular complexity index is 1030. The van der Waals surface area contributed by atoms with Crippen molar-refractivity contribution in [2.24, 2.45) is 0 Å². The van der Waals surface area contributed by atoms with E-state index >= 15 is 0 Å². The van der Waals surface area contributed by atoms with E-state index in [0.717, 1.165) is 27.7 Å². The van der Waals surface area contributed by atoms with Crippen molar-refractivity contribution >= 4 is 22.5 Å². The van der Waals surface area contributed by atoms with Crippen LogP contribution < -0.4 is 5.32 Å². The SMILES string of the molecule is COCc1ccc(C(=O)Nc2ccc3[nH]nc(-c4ccoc4)c3c2)cc1. The van der Waals surface area contributed by atoms with Crippen LogP contribution in [0.15, 0.2) is 65.5 Å². The predicted molar refractivity (Wildman–Crippen MR) is 98.9 cm³/mol. The minimum Gasteiger partial charge on any atom is -0.472 e. The van der Waals surface area contributed by atoms with Gasteiger partial charge in [-0.25, -0.2) is 0 Å². The highest BCUT2D eigenvalue weighted by Gasteiger charge is 2.12. The summed E-state index contributed by atoms with van der Waals surface area (Å²) in [5.74, 6) is -0.165. The molecule has 2 aromatic heterocycles. The minimum atomic E-state index is -0.165. The minimum absolute atomic E-state index is 0.165. The van der Waals surface area contributed by atoms with Crippen molar-refractivity contribution in [3.05, 3.63) is 72.2 Å². The van der Waals surface area contributed by atoms with Crippen molar-refractivity contribution in [1.82, 2.24) is 10.2 Å². The van der Waals surface area contributed by atoms with Crippen molar-refractivity contribution in [2.45, 2.75) is 6.61 Å². The van der Waals surface area contributed by atoms with Crippen molar-refractivity contribution in [3.8, 4) is 11.3 Å². The number of methoxy groups -OCH3 is 1. The molecule has 1 amide bonds. The molecule has 2 N–H and O–H groups in total. The Hall–Kier alpha value is -3.38. The molecule has 0 radical (unpaired) electrons. The van der Waals surface area contributed by atoms with Gasteiger partial charge in [-0.1, -0.05) is 12.1 Å². The van der Waals surface area contributed by atoms with Crippen LogP contribution in [0.2, 0.25) is 0 Å². The Morgan fingerprint density at radius 3 is 2.77 bits per heavy atom. The average Bonchev–Trinajstić information content (AvgIpc) is 3.31. The summed E-state index contributed by atoms with van der Waals surface area (Å²) in [5, 5.41) is 11.2. The third-order valence-electron chi connectivity index (χ3n) is 4.14. The fourth-order valence-electron chi connectivity index (χ4n) is 2.83. The number of nitrogens with one attached hydrogen (secondary N) is 2. The maximum atomic E-state index is 12.5. The number of ether oxygens (including phenoxy) is 1. The van der Waals surface area contributed by atoms with Crippen molar-refractivity contribution in [2.75, 3.05) is 12.4 Å². The Kier molecular flexibility index (Phi) is 4.25. The number of aromatic nitrogens is 2. The fourth-order valence-corrected chi connectivity index (χ4v) is 2.83. The smallest absolute Gasteiger partial charge is 0.255 e. The molecule has 26 heavy (non-hydrogen) atoms. The molecule has 0 fully saturated rings. The molecule has 0 saturated heterocycles. The Labute approximate surface area is 149 Å². The molecule has 0 atom stereocenters. The molecule has 2 heterocycles. The Morgan fingerprint density at radius 2 is 2.04 bits per heavy atom. The van der Waals surface area contributed by atoms with Gasteiger partial charge in [0.25, 0.3) is 5.91 Å². The van der Waals surface area contributed by atoms with Gasteiger partial charge in [0.15, 0.2) is 0 Å². The molecule has 0 unspecified atom stereocenters. The van der Waals surface area contributed by atoms with Crippen LogP contribution >= 0.6 is 0 Å². The molecule has 4 aromatic rings. The zero-order valence-corrected chi connectivity index (χ0v) is 14.2. The number of rotatable bonds is 5. The molecule has 0 aliphatic carbocycles. The Morgan fingerprint density at radius 1 is 1.19 bits per heavy atom. The summed E-state index contributed by atoms with van der Waals surface area (Å²) in [5.41, 5.74) is 4.88. The second-order valence-corrected chi connectivity index (χ2v) is 5.93. The van der Waals surface area contributed by atoms with E-state index in [9.17, 15) is 4.79 Å². The lowest BCUT2D eigenvalue weighted by Gasteiger charge is -2.07. The first-order chi connectivity index (χ1) is 12.7. The average molecular weight is 347 g/mol. The summed E-state index contributed by atoms with van der Waals surface area (Å²) in [4.78, 5) is 12.5. The van der Waals surface area contributed by atoms with Gasteiger partial charge in [0.2, 0.25) is 0 Å². The number of furan rings is 1. The lowest BCUT2D eigenvalue weighted by Crippen LogP contribution is -2.11. The summed E-state index contributed by atoms with van der Waals surface area (Å²) in [7, 11) is 1.64. The topological polar surface area (TPSA) is 80.1 Å². The lowest BCUT2D eigenvalue weighted by molar-refractivity contribution is 0.102. The number of aromatic amines is 1. The number of benzene rings is 2. The first-order valence-corrected chi connectivity index (χ1v) is 8.14. The van der Waals surface area contributed by atoms with Gasteiger partial charge in [0, 0.05) is 29.3 Å². The maximum absolute atomic E-state index is 12.5. The second kappa shape index (κ2) is 6.85. The first-order valence-electron chi connectivity index (χ1n) is 8.14. The van der Waals surface area contributed by atoms with Gasteiger partial charge in [-0.2, -0.15) is 5.10 Å². The zero-order valence-electron chi connectivity index (χ0n) is 14.2. The largest absolute Gasteiger partial charge is 0.472 e. The second-order valence-electron chi connectivity index (χ2n) is 5.93. The van der Waals surface area contributed by atoms with E-state index in [1.165, 1.54) is 0 Å². The van der Waals surface area contributed by atoms with Crippen LogP contribution in [0.1, 0.15) is 15.9 Å². The van der Waals surface area contributed by atoms with Gasteiger partial charge in [-0.3, -0.25) is 9.89 Å². The third-order valence-corrected chi connectivity index (χ3v) is 4.14. The van der Waals surface area contributed by atoms with Gasteiger partial charge in [-0.15, -0.1) is 0 Å². The number of hydrogen-bond donors (Lipinski definition) is 2. The van der Waals surface area contributed by atoms with Crippen molar-refractivity contribution in [1.29, 1.82) is 0 Å². The summed E-state index contributed by atoms with van der Waals surface area (Å²) in [6.07, 6.45) is 3.25. The van der Waals surface area contributed by atoms with E-state index in [1.54, 1.807) is 31.8 Å². The maximum Gasteiger partial charge on any atom is 0.255 e. The summed E-state index contributed by atoms with van der Waals surface area (Å²) in [6.45, 7) is 0.524. The van der Waals surface area contributed by atoms with Crippen LogP contribution in [0.5, 0.6) is 0 Å². The van der Waals surface area contributed by atoms with Crippen molar-refractivity contribution in [3.63, 3.8) is 0 Å². The normalized spacial score (nSPS) is 11.0. The monoisotopic (exact) mass is 347 g/mol. The predicted octanol–water partition coefficient (Wildman–Crippen LogP) is 4.22. The highest BCUT2D eigenvalue weighted by Crippen LogP contribution is 2.28. The summed E-state index contributed by atoms with van der Waals surface area (Å²) < 4.78 is 10.2. The van der Waals surface area contributed by atoms with Crippen LogP contribution in [-0.2, 0) is 11.3 Å². The number of anilines is 1. The highest BCUT2D eigenvalue weighted by atomic mass is 16.5. The molecule has 0 aliphatic heterocycles. The number of carbonyl (C=O) groups excluding carboxylic acids is 1. The molecule has 6 heteroatoms. The van der Waals surface area contributed by atoms with Crippen LogP contribution in [0.3, 0.4) is 0 Å². The standard InChI is InChI=1S/C20H17N3O3/c1-25-11-13-2-4-14(5-3-13)20(24)21-16-6-7-18-17(10-16)19(23-22-18)15-8-9-26-12-15/h2-10,12H,11H2,1H3,(H,21,24)(H,22,23). The van der Waals surface area contributed by atoms with Crippen LogP contribution in [0, 0.1) is 0 Å². The summed E-state index contributed by atoms with van der Waals surface area (Å²) in [6, 6.07) is 14.8. The third kappa shape index (κ3) is 3.10. The molecule has 0 spiro atoms. The van der Waals surface area contributed by atoms with E-state index in [1.807, 2.05) is 36.4 Å². The molecular formula is C20H17N3O3. The van der Waals surface area contributed by atoms with Gasteiger partial charge in [-0.05, 0) is 42.0 Å². The number of fused-ring (bicyclic) bond motifs is 1. The van der Waals surface area contributed by atoms with Gasteiger partial charge in [0.1, 0.15) is 5.69 Å². The molecule has 6 nitrogen and oxygen atoms in total. The molecule has 0 saturated carbocycles. The molecule has 4 rings (SSSR count). The van der Waals surface area contributed by atoms with E-state index in [4.69, 9.17) is 9.15 Å². The van der Waals surface area contributed by atoms with Gasteiger partial charge >= 0.3 is 0 Å². The van der Waals surface area contributed by atoms with Crippen LogP contribution in [0.25, 0.3) is 22.2 Å².